The van der Waals surface area contributed by atoms with Gasteiger partial charge in [0.25, 0.3) is 0 Å². The first-order valence-corrected chi connectivity index (χ1v) is 8.46. The summed E-state index contributed by atoms with van der Waals surface area (Å²) < 4.78 is 6.66. The molecule has 2 rings (SSSR count). The Labute approximate surface area is 144 Å². The zero-order chi connectivity index (χ0) is 15.4. The third-order valence-corrected chi connectivity index (χ3v) is 4.56. The van der Waals surface area contributed by atoms with Gasteiger partial charge in [-0.1, -0.05) is 37.1 Å². The predicted molar refractivity (Wildman–Crippen MR) is 95.0 cm³/mol. The topological polar surface area (TPSA) is 35.0 Å². The quantitative estimate of drug-likeness (QED) is 0.500. The summed E-state index contributed by atoms with van der Waals surface area (Å²) in [5, 5.41) is 0.513. The second-order valence-corrected chi connectivity index (χ2v) is 6.48. The molecule has 0 fully saturated rings. The molecule has 112 valence electrons. The van der Waals surface area contributed by atoms with Crippen molar-refractivity contribution >= 4 is 34.2 Å². The van der Waals surface area contributed by atoms with E-state index in [2.05, 4.69) is 39.5 Å². The van der Waals surface area contributed by atoms with E-state index in [-0.39, 0.29) is 6.10 Å². The minimum Gasteiger partial charge on any atom is -0.491 e. The van der Waals surface area contributed by atoms with Crippen LogP contribution in [-0.2, 0) is 6.42 Å². The highest BCUT2D eigenvalue weighted by atomic mass is 127. The van der Waals surface area contributed by atoms with Crippen LogP contribution in [0.5, 0.6) is 5.75 Å². The summed E-state index contributed by atoms with van der Waals surface area (Å²) in [5.41, 5.74) is 1.92. The van der Waals surface area contributed by atoms with Gasteiger partial charge in [0.15, 0.2) is 5.82 Å². The molecule has 0 aliphatic carbocycles. The molecule has 0 amide bonds. The zero-order valence-corrected chi connectivity index (χ0v) is 15.3. The van der Waals surface area contributed by atoms with Crippen molar-refractivity contribution < 1.29 is 4.74 Å². The summed E-state index contributed by atoms with van der Waals surface area (Å²) in [4.78, 5) is 9.05. The molecule has 1 heterocycles. The Morgan fingerprint density at radius 2 is 2.05 bits per heavy atom. The summed E-state index contributed by atoms with van der Waals surface area (Å²) in [6.45, 7) is 6.14. The van der Waals surface area contributed by atoms with Gasteiger partial charge in [0.1, 0.15) is 10.9 Å². The van der Waals surface area contributed by atoms with E-state index in [4.69, 9.17) is 16.3 Å². The molecule has 3 nitrogen and oxygen atoms in total. The van der Waals surface area contributed by atoms with Crippen LogP contribution in [0.15, 0.2) is 24.3 Å². The molecule has 0 N–H and O–H groups in total. The number of aryl methyl sites for hydroxylation is 1. The van der Waals surface area contributed by atoms with E-state index in [1.54, 1.807) is 0 Å². The predicted octanol–water partition coefficient (Wildman–Crippen LogP) is 5.14. The zero-order valence-electron chi connectivity index (χ0n) is 12.4. The van der Waals surface area contributed by atoms with Gasteiger partial charge in [0.2, 0.25) is 0 Å². The van der Waals surface area contributed by atoms with Crippen molar-refractivity contribution in [3.8, 4) is 17.1 Å². The Balaban J connectivity index is 2.41. The minimum atomic E-state index is 0.136. The Hall–Kier alpha value is -0.880. The van der Waals surface area contributed by atoms with Crippen molar-refractivity contribution in [3.05, 3.63) is 38.7 Å². The molecule has 0 aliphatic rings. The molecular formula is C16H18ClIN2O. The Morgan fingerprint density at radius 1 is 1.29 bits per heavy atom. The number of rotatable bonds is 5. The van der Waals surface area contributed by atoms with Crippen LogP contribution < -0.4 is 4.74 Å². The molecule has 21 heavy (non-hydrogen) atoms. The van der Waals surface area contributed by atoms with Crippen LogP contribution in [0.1, 0.15) is 32.9 Å². The first kappa shape index (κ1) is 16.5. The Morgan fingerprint density at radius 3 is 2.71 bits per heavy atom. The maximum Gasteiger partial charge on any atom is 0.161 e. The van der Waals surface area contributed by atoms with Crippen LogP contribution in [0, 0.1) is 3.57 Å². The fraction of sp³-hybridized carbons (Fsp3) is 0.375. The van der Waals surface area contributed by atoms with Crippen LogP contribution in [0.3, 0.4) is 0 Å². The van der Waals surface area contributed by atoms with E-state index < -0.39 is 0 Å². The summed E-state index contributed by atoms with van der Waals surface area (Å²) in [6.07, 6.45) is 2.06. The van der Waals surface area contributed by atoms with Gasteiger partial charge < -0.3 is 4.74 Å². The number of halogens is 2. The highest BCUT2D eigenvalue weighted by Gasteiger charge is 2.12. The van der Waals surface area contributed by atoms with E-state index >= 15 is 0 Å². The number of hydrogen-bond acceptors (Lipinski definition) is 3. The number of nitrogens with zero attached hydrogens (tertiary/aromatic N) is 2. The lowest BCUT2D eigenvalue weighted by molar-refractivity contribution is 0.242. The molecule has 0 atom stereocenters. The fourth-order valence-corrected chi connectivity index (χ4v) is 2.68. The summed E-state index contributed by atoms with van der Waals surface area (Å²) in [7, 11) is 0. The molecule has 5 heteroatoms. The molecular weight excluding hydrogens is 399 g/mol. The smallest absolute Gasteiger partial charge is 0.161 e. The molecule has 0 spiro atoms. The number of hydrogen-bond donors (Lipinski definition) is 0. The van der Waals surface area contributed by atoms with Crippen molar-refractivity contribution in [2.75, 3.05) is 0 Å². The van der Waals surface area contributed by atoms with Gasteiger partial charge in [0, 0.05) is 5.56 Å². The van der Waals surface area contributed by atoms with E-state index in [9.17, 15) is 0 Å². The molecule has 2 aromatic rings. The number of benzene rings is 1. The third kappa shape index (κ3) is 4.30. The van der Waals surface area contributed by atoms with Gasteiger partial charge in [-0.25, -0.2) is 9.97 Å². The average Bonchev–Trinajstić information content (AvgIpc) is 2.43. The lowest BCUT2D eigenvalue weighted by atomic mass is 10.2. The second kappa shape index (κ2) is 7.40. The largest absolute Gasteiger partial charge is 0.491 e. The van der Waals surface area contributed by atoms with Crippen LogP contribution in [0.4, 0.5) is 0 Å². The van der Waals surface area contributed by atoms with Crippen LogP contribution >= 0.6 is 34.2 Å². The fourth-order valence-electron chi connectivity index (χ4n) is 1.98. The number of ether oxygens (including phenoxy) is 1. The van der Waals surface area contributed by atoms with Gasteiger partial charge in [-0.3, -0.25) is 0 Å². The van der Waals surface area contributed by atoms with Crippen molar-refractivity contribution in [3.63, 3.8) is 0 Å². The maximum absolute atomic E-state index is 6.24. The second-order valence-electron chi connectivity index (χ2n) is 5.04. The highest BCUT2D eigenvalue weighted by Crippen LogP contribution is 2.27. The van der Waals surface area contributed by atoms with Crippen molar-refractivity contribution in [2.24, 2.45) is 0 Å². The molecule has 1 aromatic carbocycles. The lowest BCUT2D eigenvalue weighted by Crippen LogP contribution is -2.05. The summed E-state index contributed by atoms with van der Waals surface area (Å²) in [5.74, 6) is 1.47. The number of aromatic nitrogens is 2. The molecule has 0 radical (unpaired) electrons. The Bertz CT molecular complexity index is 632. The normalized spacial score (nSPS) is 11.0. The molecule has 0 saturated carbocycles. The maximum atomic E-state index is 6.24. The SMILES string of the molecule is CCCc1nc(-c2cccc(OC(C)C)c2)nc(Cl)c1I. The van der Waals surface area contributed by atoms with Crippen molar-refractivity contribution in [2.45, 2.75) is 39.7 Å². The molecule has 0 saturated heterocycles. The van der Waals surface area contributed by atoms with E-state index in [0.29, 0.717) is 11.0 Å². The first-order valence-electron chi connectivity index (χ1n) is 7.00. The van der Waals surface area contributed by atoms with Crippen molar-refractivity contribution in [1.29, 1.82) is 0 Å². The summed E-state index contributed by atoms with van der Waals surface area (Å²) in [6, 6.07) is 7.81. The van der Waals surface area contributed by atoms with Gasteiger partial charge in [-0.2, -0.15) is 0 Å². The molecule has 0 unspecified atom stereocenters. The van der Waals surface area contributed by atoms with Gasteiger partial charge >= 0.3 is 0 Å². The average molecular weight is 417 g/mol. The monoisotopic (exact) mass is 416 g/mol. The molecule has 1 aromatic heterocycles. The van der Waals surface area contributed by atoms with Crippen LogP contribution in [0.2, 0.25) is 5.15 Å². The van der Waals surface area contributed by atoms with Crippen LogP contribution in [-0.4, -0.2) is 16.1 Å². The molecule has 0 aliphatic heterocycles. The lowest BCUT2D eigenvalue weighted by Gasteiger charge is -2.11. The van der Waals surface area contributed by atoms with E-state index in [1.807, 2.05) is 38.1 Å². The third-order valence-electron chi connectivity index (χ3n) is 2.83. The Kier molecular flexibility index (Phi) is 5.81. The van der Waals surface area contributed by atoms with Crippen molar-refractivity contribution in [1.82, 2.24) is 9.97 Å². The minimum absolute atomic E-state index is 0.136. The van der Waals surface area contributed by atoms with Gasteiger partial charge in [-0.05, 0) is 55.0 Å². The van der Waals surface area contributed by atoms with E-state index in [1.165, 1.54) is 0 Å². The summed E-state index contributed by atoms with van der Waals surface area (Å²) >= 11 is 8.44. The first-order chi connectivity index (χ1) is 10.0. The highest BCUT2D eigenvalue weighted by molar-refractivity contribution is 14.1. The van der Waals surface area contributed by atoms with Gasteiger partial charge in [0.05, 0.1) is 15.4 Å². The standard InChI is InChI=1S/C16H18ClIN2O/c1-4-6-13-14(18)15(17)20-16(19-13)11-7-5-8-12(9-11)21-10(2)3/h5,7-10H,4,6H2,1-3H3. The van der Waals surface area contributed by atoms with E-state index in [0.717, 1.165) is 33.4 Å². The molecule has 0 bridgehead atoms. The van der Waals surface area contributed by atoms with Crippen LogP contribution in [0.25, 0.3) is 11.4 Å². The van der Waals surface area contributed by atoms with Gasteiger partial charge in [-0.15, -0.1) is 0 Å².